The van der Waals surface area contributed by atoms with Crippen LogP contribution in [0.2, 0.25) is 0 Å². The Morgan fingerprint density at radius 2 is 2.00 bits per heavy atom. The summed E-state index contributed by atoms with van der Waals surface area (Å²) in [6, 6.07) is 7.68. The highest BCUT2D eigenvalue weighted by Crippen LogP contribution is 2.16. The zero-order valence-corrected chi connectivity index (χ0v) is 11.6. The van der Waals surface area contributed by atoms with Crippen molar-refractivity contribution >= 4 is 17.6 Å². The van der Waals surface area contributed by atoms with Gasteiger partial charge in [-0.2, -0.15) is 4.98 Å². The van der Waals surface area contributed by atoms with Crippen LogP contribution in [0, 0.1) is 6.92 Å². The Morgan fingerprint density at radius 1 is 1.26 bits per heavy atom. The van der Waals surface area contributed by atoms with Crippen molar-refractivity contribution in [3.8, 4) is 11.6 Å². The third-order valence-electron chi connectivity index (χ3n) is 2.56. The van der Waals surface area contributed by atoms with E-state index in [9.17, 15) is 0 Å². The van der Waals surface area contributed by atoms with Crippen molar-refractivity contribution in [3.05, 3.63) is 47.4 Å². The number of methoxy groups -OCH3 is 1. The molecule has 0 spiro atoms. The molecule has 0 aliphatic rings. The Bertz CT molecular complexity index is 570. The molecule has 98 valence electrons. The van der Waals surface area contributed by atoms with Gasteiger partial charge in [0.05, 0.1) is 12.7 Å². The minimum Gasteiger partial charge on any atom is -0.497 e. The number of aryl methyl sites for hydroxylation is 1. The van der Waals surface area contributed by atoms with Crippen molar-refractivity contribution in [1.82, 2.24) is 9.97 Å². The number of thiocarbonyl (C=S) groups is 1. The lowest BCUT2D eigenvalue weighted by Crippen LogP contribution is -2.02. The molecular weight excluding hydrogens is 260 g/mol. The summed E-state index contributed by atoms with van der Waals surface area (Å²) in [5, 5.41) is 1.52. The van der Waals surface area contributed by atoms with Gasteiger partial charge >= 0.3 is 0 Å². The first-order valence-corrected chi connectivity index (χ1v) is 6.24. The molecular formula is C14H14N2O2S. The van der Waals surface area contributed by atoms with Gasteiger partial charge in [-0.3, -0.25) is 0 Å². The van der Waals surface area contributed by atoms with Crippen molar-refractivity contribution in [3.63, 3.8) is 0 Å². The molecule has 2 aromatic rings. The standard InChI is InChI=1S/C14H14N2O2S/c1-10-15-7-12(9-19)14(16-10)18-8-11-3-5-13(17-2)6-4-11/h3-7,9H,8H2,1-2H3. The van der Waals surface area contributed by atoms with Crippen molar-refractivity contribution < 1.29 is 9.47 Å². The largest absolute Gasteiger partial charge is 0.497 e. The average Bonchev–Trinajstić information content (AvgIpc) is 2.46. The van der Waals surface area contributed by atoms with Gasteiger partial charge in [0.15, 0.2) is 0 Å². The molecule has 0 N–H and O–H groups in total. The van der Waals surface area contributed by atoms with Gasteiger partial charge in [-0.05, 0) is 24.6 Å². The second-order valence-electron chi connectivity index (χ2n) is 3.93. The zero-order valence-electron chi connectivity index (χ0n) is 10.8. The first-order valence-electron chi connectivity index (χ1n) is 5.77. The Balaban J connectivity index is 2.09. The Labute approximate surface area is 117 Å². The molecule has 0 saturated heterocycles. The number of nitrogens with zero attached hydrogens (tertiary/aromatic N) is 2. The van der Waals surface area contributed by atoms with Crippen LogP contribution in [-0.4, -0.2) is 22.4 Å². The number of ether oxygens (including phenoxy) is 2. The van der Waals surface area contributed by atoms with Gasteiger partial charge in [0.1, 0.15) is 18.2 Å². The summed E-state index contributed by atoms with van der Waals surface area (Å²) in [4.78, 5) is 8.32. The van der Waals surface area contributed by atoms with E-state index in [1.807, 2.05) is 31.2 Å². The van der Waals surface area contributed by atoms with E-state index >= 15 is 0 Å². The minimum atomic E-state index is 0.427. The van der Waals surface area contributed by atoms with Crippen molar-refractivity contribution in [2.24, 2.45) is 0 Å². The number of benzene rings is 1. The average molecular weight is 274 g/mol. The lowest BCUT2D eigenvalue weighted by Gasteiger charge is -2.08. The summed E-state index contributed by atoms with van der Waals surface area (Å²) < 4.78 is 10.8. The zero-order chi connectivity index (χ0) is 13.7. The maximum Gasteiger partial charge on any atom is 0.225 e. The SMILES string of the molecule is COc1ccc(COc2nc(C)ncc2C=S)cc1. The molecule has 0 saturated carbocycles. The van der Waals surface area contributed by atoms with Gasteiger partial charge in [0, 0.05) is 11.6 Å². The van der Waals surface area contributed by atoms with Crippen LogP contribution in [0.5, 0.6) is 11.6 Å². The van der Waals surface area contributed by atoms with Gasteiger partial charge < -0.3 is 9.47 Å². The van der Waals surface area contributed by atoms with Crippen LogP contribution in [0.25, 0.3) is 0 Å². The predicted molar refractivity (Wildman–Crippen MR) is 76.9 cm³/mol. The minimum absolute atomic E-state index is 0.427. The summed E-state index contributed by atoms with van der Waals surface area (Å²) in [5.74, 6) is 1.99. The van der Waals surface area contributed by atoms with Gasteiger partial charge in [-0.25, -0.2) is 4.98 Å². The molecule has 0 amide bonds. The third-order valence-corrected chi connectivity index (χ3v) is 2.82. The third kappa shape index (κ3) is 3.48. The Kier molecular flexibility index (Phi) is 4.41. The monoisotopic (exact) mass is 274 g/mol. The van der Waals surface area contributed by atoms with E-state index in [1.165, 1.54) is 5.37 Å². The van der Waals surface area contributed by atoms with E-state index in [0.717, 1.165) is 11.3 Å². The van der Waals surface area contributed by atoms with E-state index in [-0.39, 0.29) is 0 Å². The molecule has 0 radical (unpaired) electrons. The highest BCUT2D eigenvalue weighted by Gasteiger charge is 2.05. The molecule has 1 aromatic heterocycles. The predicted octanol–water partition coefficient (Wildman–Crippen LogP) is 2.72. The molecule has 4 nitrogen and oxygen atoms in total. The van der Waals surface area contributed by atoms with Gasteiger partial charge in [-0.1, -0.05) is 24.4 Å². The lowest BCUT2D eigenvalue weighted by atomic mass is 10.2. The smallest absolute Gasteiger partial charge is 0.225 e. The fourth-order valence-electron chi connectivity index (χ4n) is 1.53. The maximum atomic E-state index is 5.68. The molecule has 0 bridgehead atoms. The first-order chi connectivity index (χ1) is 9.22. The topological polar surface area (TPSA) is 44.2 Å². The highest BCUT2D eigenvalue weighted by atomic mass is 32.1. The van der Waals surface area contributed by atoms with Crippen LogP contribution < -0.4 is 9.47 Å². The van der Waals surface area contributed by atoms with Crippen LogP contribution in [0.3, 0.4) is 0 Å². The van der Waals surface area contributed by atoms with E-state index in [1.54, 1.807) is 13.3 Å². The second kappa shape index (κ2) is 6.24. The Morgan fingerprint density at radius 3 is 2.63 bits per heavy atom. The van der Waals surface area contributed by atoms with Gasteiger partial charge in [0.2, 0.25) is 5.88 Å². The molecule has 5 heteroatoms. The van der Waals surface area contributed by atoms with Crippen LogP contribution in [0.1, 0.15) is 17.0 Å². The quantitative estimate of drug-likeness (QED) is 0.784. The number of rotatable bonds is 5. The number of hydrogen-bond acceptors (Lipinski definition) is 5. The highest BCUT2D eigenvalue weighted by molar-refractivity contribution is 7.79. The van der Waals surface area contributed by atoms with Crippen molar-refractivity contribution in [2.75, 3.05) is 7.11 Å². The van der Waals surface area contributed by atoms with Crippen LogP contribution in [0.15, 0.2) is 30.5 Å². The van der Waals surface area contributed by atoms with Gasteiger partial charge in [0.25, 0.3) is 0 Å². The lowest BCUT2D eigenvalue weighted by molar-refractivity contribution is 0.292. The molecule has 1 heterocycles. The van der Waals surface area contributed by atoms with E-state index in [4.69, 9.17) is 21.7 Å². The van der Waals surface area contributed by atoms with Crippen LogP contribution in [0.4, 0.5) is 0 Å². The summed E-state index contributed by atoms with van der Waals surface area (Å²) in [5.41, 5.74) is 1.75. The molecule has 2 rings (SSSR count). The Hall–Kier alpha value is -2.01. The number of hydrogen-bond donors (Lipinski definition) is 0. The molecule has 0 atom stereocenters. The summed E-state index contributed by atoms with van der Waals surface area (Å²) in [6.45, 7) is 2.24. The first kappa shape index (κ1) is 13.4. The number of aromatic nitrogens is 2. The molecule has 0 unspecified atom stereocenters. The van der Waals surface area contributed by atoms with E-state index in [0.29, 0.717) is 23.9 Å². The van der Waals surface area contributed by atoms with E-state index < -0.39 is 0 Å². The molecule has 19 heavy (non-hydrogen) atoms. The normalized spacial score (nSPS) is 10.0. The second-order valence-corrected chi connectivity index (χ2v) is 4.17. The maximum absolute atomic E-state index is 5.68. The summed E-state index contributed by atoms with van der Waals surface area (Å²) in [6.07, 6.45) is 1.67. The summed E-state index contributed by atoms with van der Waals surface area (Å²) in [7, 11) is 1.64. The fraction of sp³-hybridized carbons (Fsp3) is 0.214. The molecule has 0 aliphatic carbocycles. The summed E-state index contributed by atoms with van der Waals surface area (Å²) >= 11 is 4.91. The molecule has 0 fully saturated rings. The van der Waals surface area contributed by atoms with Crippen LogP contribution >= 0.6 is 12.2 Å². The van der Waals surface area contributed by atoms with E-state index in [2.05, 4.69) is 9.97 Å². The van der Waals surface area contributed by atoms with Gasteiger partial charge in [-0.15, -0.1) is 0 Å². The molecule has 1 aromatic carbocycles. The molecule has 0 aliphatic heterocycles. The fourth-order valence-corrected chi connectivity index (χ4v) is 1.69. The van der Waals surface area contributed by atoms with Crippen molar-refractivity contribution in [1.29, 1.82) is 0 Å². The van der Waals surface area contributed by atoms with Crippen LogP contribution in [-0.2, 0) is 6.61 Å². The van der Waals surface area contributed by atoms with Crippen molar-refractivity contribution in [2.45, 2.75) is 13.5 Å².